The van der Waals surface area contributed by atoms with Crippen LogP contribution in [0.2, 0.25) is 5.02 Å². The lowest BCUT2D eigenvalue weighted by Crippen LogP contribution is -2.28. The molecule has 0 radical (unpaired) electrons. The fourth-order valence-electron chi connectivity index (χ4n) is 2.56. The monoisotopic (exact) mass is 411 g/mol. The lowest BCUT2D eigenvalue weighted by molar-refractivity contribution is 0.251. The molecule has 29 heavy (non-hydrogen) atoms. The highest BCUT2D eigenvalue weighted by Crippen LogP contribution is 2.27. The highest BCUT2D eigenvalue weighted by Gasteiger charge is 2.06. The van der Waals surface area contributed by atoms with E-state index in [4.69, 9.17) is 21.1 Å². The van der Waals surface area contributed by atoms with Crippen molar-refractivity contribution in [2.75, 3.05) is 11.9 Å². The van der Waals surface area contributed by atoms with Gasteiger partial charge in [0.1, 0.15) is 18.1 Å². The zero-order valence-corrected chi connectivity index (χ0v) is 16.8. The SMILES string of the molecule is CCOc1ccc(NC(=O)NCc2ccc(OCc3cccnc3)cc2)cc1Cl. The lowest BCUT2D eigenvalue weighted by Gasteiger charge is -2.11. The Morgan fingerprint density at radius 1 is 1.07 bits per heavy atom. The number of ether oxygens (including phenoxy) is 2. The van der Waals surface area contributed by atoms with Crippen LogP contribution in [0, 0.1) is 0 Å². The molecule has 6 nitrogen and oxygen atoms in total. The van der Waals surface area contributed by atoms with E-state index in [1.807, 2.05) is 43.3 Å². The third-order valence-corrected chi connectivity index (χ3v) is 4.29. The Bertz CT molecular complexity index is 934. The van der Waals surface area contributed by atoms with E-state index in [0.29, 0.717) is 36.2 Å². The second-order valence-corrected chi connectivity index (χ2v) is 6.59. The van der Waals surface area contributed by atoms with Crippen LogP contribution in [0.1, 0.15) is 18.1 Å². The van der Waals surface area contributed by atoms with Crippen LogP contribution in [0.25, 0.3) is 0 Å². The number of halogens is 1. The first-order valence-electron chi connectivity index (χ1n) is 9.22. The van der Waals surface area contributed by atoms with E-state index in [1.165, 1.54) is 0 Å². The molecule has 0 unspecified atom stereocenters. The maximum Gasteiger partial charge on any atom is 0.319 e. The van der Waals surface area contributed by atoms with E-state index in [9.17, 15) is 4.79 Å². The Labute approximate surface area is 174 Å². The number of anilines is 1. The number of nitrogens with one attached hydrogen (secondary N) is 2. The maximum absolute atomic E-state index is 12.1. The molecule has 0 spiro atoms. The zero-order chi connectivity index (χ0) is 20.5. The average Bonchev–Trinajstić information content (AvgIpc) is 2.74. The lowest BCUT2D eigenvalue weighted by atomic mass is 10.2. The standard InChI is InChI=1S/C22H22ClN3O3/c1-2-28-21-10-7-18(12-20(21)23)26-22(27)25-14-16-5-8-19(9-6-16)29-15-17-4-3-11-24-13-17/h3-13H,2,14-15H2,1H3,(H2,25,26,27). The molecule has 2 amide bonds. The third kappa shape index (κ3) is 6.40. The summed E-state index contributed by atoms with van der Waals surface area (Å²) in [5.41, 5.74) is 2.55. The number of amides is 2. The van der Waals surface area contributed by atoms with Gasteiger partial charge in [-0.15, -0.1) is 0 Å². The summed E-state index contributed by atoms with van der Waals surface area (Å²) in [6, 6.07) is 16.2. The minimum atomic E-state index is -0.317. The summed E-state index contributed by atoms with van der Waals surface area (Å²) in [6.45, 7) is 3.26. The van der Waals surface area contributed by atoms with Crippen molar-refractivity contribution in [3.8, 4) is 11.5 Å². The van der Waals surface area contributed by atoms with Crippen molar-refractivity contribution in [2.45, 2.75) is 20.1 Å². The van der Waals surface area contributed by atoms with Crippen molar-refractivity contribution in [3.05, 3.63) is 83.1 Å². The van der Waals surface area contributed by atoms with Crippen LogP contribution >= 0.6 is 11.6 Å². The Morgan fingerprint density at radius 2 is 1.90 bits per heavy atom. The minimum Gasteiger partial charge on any atom is -0.492 e. The molecule has 3 aromatic rings. The van der Waals surface area contributed by atoms with E-state index in [0.717, 1.165) is 16.9 Å². The Hall–Kier alpha value is -3.25. The molecule has 0 fully saturated rings. The number of aromatic nitrogens is 1. The third-order valence-electron chi connectivity index (χ3n) is 3.99. The number of benzene rings is 2. The summed E-state index contributed by atoms with van der Waals surface area (Å²) in [7, 11) is 0. The molecule has 7 heteroatoms. The molecule has 0 aliphatic carbocycles. The number of rotatable bonds is 8. The second kappa shape index (κ2) is 10.3. The molecular weight excluding hydrogens is 390 g/mol. The molecule has 0 saturated carbocycles. The molecule has 0 aliphatic heterocycles. The van der Waals surface area contributed by atoms with Crippen molar-refractivity contribution >= 4 is 23.3 Å². The van der Waals surface area contributed by atoms with Gasteiger partial charge in [-0.2, -0.15) is 0 Å². The number of nitrogens with zero attached hydrogens (tertiary/aromatic N) is 1. The smallest absolute Gasteiger partial charge is 0.319 e. The Morgan fingerprint density at radius 3 is 2.59 bits per heavy atom. The van der Waals surface area contributed by atoms with Crippen LogP contribution < -0.4 is 20.1 Å². The number of carbonyl (C=O) groups is 1. The molecule has 0 atom stereocenters. The second-order valence-electron chi connectivity index (χ2n) is 6.18. The van der Waals surface area contributed by atoms with E-state index >= 15 is 0 Å². The van der Waals surface area contributed by atoms with Crippen molar-refractivity contribution in [2.24, 2.45) is 0 Å². The van der Waals surface area contributed by atoms with Gasteiger partial charge in [0.2, 0.25) is 0 Å². The highest BCUT2D eigenvalue weighted by atomic mass is 35.5. The van der Waals surface area contributed by atoms with Gasteiger partial charge in [0.15, 0.2) is 0 Å². The summed E-state index contributed by atoms with van der Waals surface area (Å²) in [6.07, 6.45) is 3.50. The molecule has 0 bridgehead atoms. The van der Waals surface area contributed by atoms with Crippen LogP contribution in [0.15, 0.2) is 67.0 Å². The number of hydrogen-bond acceptors (Lipinski definition) is 4. The zero-order valence-electron chi connectivity index (χ0n) is 16.0. The van der Waals surface area contributed by atoms with E-state index in [2.05, 4.69) is 15.6 Å². The van der Waals surface area contributed by atoms with Crippen LogP contribution in [-0.4, -0.2) is 17.6 Å². The molecule has 1 aromatic heterocycles. The Balaban J connectivity index is 1.45. The van der Waals surface area contributed by atoms with Gasteiger partial charge < -0.3 is 20.1 Å². The number of urea groups is 1. The summed E-state index contributed by atoms with van der Waals surface area (Å²) >= 11 is 6.13. The van der Waals surface area contributed by atoms with Crippen LogP contribution in [0.3, 0.4) is 0 Å². The van der Waals surface area contributed by atoms with Gasteiger partial charge in [0, 0.05) is 30.2 Å². The van der Waals surface area contributed by atoms with E-state index < -0.39 is 0 Å². The van der Waals surface area contributed by atoms with Gasteiger partial charge in [0.05, 0.1) is 11.6 Å². The van der Waals surface area contributed by atoms with E-state index in [-0.39, 0.29) is 6.03 Å². The molecular formula is C22H22ClN3O3. The van der Waals surface area contributed by atoms with Crippen LogP contribution in [0.5, 0.6) is 11.5 Å². The predicted molar refractivity (Wildman–Crippen MR) is 113 cm³/mol. The largest absolute Gasteiger partial charge is 0.492 e. The maximum atomic E-state index is 12.1. The molecule has 0 saturated heterocycles. The summed E-state index contributed by atoms with van der Waals surface area (Å²) in [5, 5.41) is 6.01. The van der Waals surface area contributed by atoms with Crippen molar-refractivity contribution < 1.29 is 14.3 Å². The average molecular weight is 412 g/mol. The van der Waals surface area contributed by atoms with E-state index in [1.54, 1.807) is 30.6 Å². The molecule has 1 heterocycles. The van der Waals surface area contributed by atoms with Crippen molar-refractivity contribution in [3.63, 3.8) is 0 Å². The number of hydrogen-bond donors (Lipinski definition) is 2. The van der Waals surface area contributed by atoms with Crippen molar-refractivity contribution in [1.29, 1.82) is 0 Å². The quantitative estimate of drug-likeness (QED) is 0.545. The molecule has 2 aromatic carbocycles. The van der Waals surface area contributed by atoms with Gasteiger partial charge in [0.25, 0.3) is 0 Å². The molecule has 2 N–H and O–H groups in total. The number of pyridine rings is 1. The van der Waals surface area contributed by atoms with Gasteiger partial charge in [-0.1, -0.05) is 29.8 Å². The minimum absolute atomic E-state index is 0.317. The summed E-state index contributed by atoms with van der Waals surface area (Å²) in [4.78, 5) is 16.2. The van der Waals surface area contributed by atoms with Crippen LogP contribution in [-0.2, 0) is 13.2 Å². The first-order chi connectivity index (χ1) is 14.1. The molecule has 150 valence electrons. The van der Waals surface area contributed by atoms with Gasteiger partial charge in [-0.05, 0) is 48.9 Å². The first-order valence-corrected chi connectivity index (χ1v) is 9.59. The summed E-state index contributed by atoms with van der Waals surface area (Å²) < 4.78 is 11.1. The topological polar surface area (TPSA) is 72.5 Å². The fraction of sp³-hybridized carbons (Fsp3) is 0.182. The van der Waals surface area contributed by atoms with Crippen molar-refractivity contribution in [1.82, 2.24) is 10.3 Å². The fourth-order valence-corrected chi connectivity index (χ4v) is 2.80. The van der Waals surface area contributed by atoms with Crippen LogP contribution in [0.4, 0.5) is 10.5 Å². The predicted octanol–water partition coefficient (Wildman–Crippen LogP) is 5.03. The molecule has 3 rings (SSSR count). The van der Waals surface area contributed by atoms with Gasteiger partial charge >= 0.3 is 6.03 Å². The highest BCUT2D eigenvalue weighted by molar-refractivity contribution is 6.32. The molecule has 0 aliphatic rings. The normalized spacial score (nSPS) is 10.3. The van der Waals surface area contributed by atoms with Gasteiger partial charge in [-0.25, -0.2) is 4.79 Å². The first kappa shape index (κ1) is 20.5. The Kier molecular flexibility index (Phi) is 7.30. The van der Waals surface area contributed by atoms with Gasteiger partial charge in [-0.3, -0.25) is 4.98 Å². The number of carbonyl (C=O) groups excluding carboxylic acids is 1. The summed E-state index contributed by atoms with van der Waals surface area (Å²) in [5.74, 6) is 1.34.